The molecule has 114 valence electrons. The lowest BCUT2D eigenvalue weighted by molar-refractivity contribution is 0.378. The summed E-state index contributed by atoms with van der Waals surface area (Å²) in [5, 5.41) is 8.17. The molecule has 1 heterocycles. The molecular formula is C16H29N3O. The Labute approximate surface area is 122 Å². The van der Waals surface area contributed by atoms with Gasteiger partial charge in [0.05, 0.1) is 19.0 Å². The summed E-state index contributed by atoms with van der Waals surface area (Å²) in [5.41, 5.74) is 1.30. The number of hydrogen-bond donors (Lipinski definition) is 1. The van der Waals surface area contributed by atoms with Gasteiger partial charge in [-0.05, 0) is 39.7 Å². The number of aromatic nitrogens is 2. The summed E-state index contributed by atoms with van der Waals surface area (Å²) in [4.78, 5) is 0. The zero-order valence-electron chi connectivity index (χ0n) is 13.4. The number of nitrogens with one attached hydrogen (secondary N) is 1. The Kier molecular flexibility index (Phi) is 5.46. The van der Waals surface area contributed by atoms with Crippen LogP contribution in [-0.4, -0.2) is 29.5 Å². The van der Waals surface area contributed by atoms with Gasteiger partial charge in [0.2, 0.25) is 0 Å². The van der Waals surface area contributed by atoms with Gasteiger partial charge in [0.25, 0.3) is 0 Å². The average Bonchev–Trinajstić information content (AvgIpc) is 2.73. The zero-order chi connectivity index (χ0) is 14.5. The first kappa shape index (κ1) is 15.4. The number of ether oxygens (including phenoxy) is 1. The Balaban J connectivity index is 2.25. The van der Waals surface area contributed by atoms with Crippen molar-refractivity contribution in [3.63, 3.8) is 0 Å². The highest BCUT2D eigenvalue weighted by Crippen LogP contribution is 2.37. The fraction of sp³-hybridized carbons (Fsp3) is 0.812. The van der Waals surface area contributed by atoms with Crippen molar-refractivity contribution in [3.8, 4) is 5.75 Å². The smallest absolute Gasteiger partial charge is 0.160 e. The largest absolute Gasteiger partial charge is 0.493 e. The van der Waals surface area contributed by atoms with Crippen LogP contribution in [0.2, 0.25) is 0 Å². The number of methoxy groups -OCH3 is 1. The van der Waals surface area contributed by atoms with Crippen molar-refractivity contribution >= 4 is 0 Å². The molecular weight excluding hydrogens is 250 g/mol. The number of hydrogen-bond acceptors (Lipinski definition) is 3. The topological polar surface area (TPSA) is 39.1 Å². The lowest BCUT2D eigenvalue weighted by Gasteiger charge is -2.23. The predicted octanol–water partition coefficient (Wildman–Crippen LogP) is 3.50. The molecule has 1 fully saturated rings. The van der Waals surface area contributed by atoms with Crippen LogP contribution in [0.4, 0.5) is 0 Å². The van der Waals surface area contributed by atoms with Crippen molar-refractivity contribution in [2.24, 2.45) is 0 Å². The van der Waals surface area contributed by atoms with Crippen LogP contribution in [0.25, 0.3) is 0 Å². The molecule has 2 rings (SSSR count). The molecule has 0 bridgehead atoms. The molecule has 4 heteroatoms. The van der Waals surface area contributed by atoms with Gasteiger partial charge < -0.3 is 10.1 Å². The van der Waals surface area contributed by atoms with Crippen LogP contribution >= 0.6 is 0 Å². The summed E-state index contributed by atoms with van der Waals surface area (Å²) in [5.74, 6) is 1.52. The van der Waals surface area contributed by atoms with Gasteiger partial charge in [0.1, 0.15) is 0 Å². The van der Waals surface area contributed by atoms with Crippen molar-refractivity contribution < 1.29 is 4.74 Å². The SMILES string of the molecule is CCNC1CCCCC(c2c(OC)cnn2C(C)C)C1. The van der Waals surface area contributed by atoms with Crippen LogP contribution in [-0.2, 0) is 0 Å². The summed E-state index contributed by atoms with van der Waals surface area (Å²) >= 11 is 0. The van der Waals surface area contributed by atoms with Crippen molar-refractivity contribution in [1.29, 1.82) is 0 Å². The highest BCUT2D eigenvalue weighted by molar-refractivity contribution is 5.29. The first-order valence-electron chi connectivity index (χ1n) is 8.02. The molecule has 2 unspecified atom stereocenters. The highest BCUT2D eigenvalue weighted by Gasteiger charge is 2.27. The second kappa shape index (κ2) is 7.11. The highest BCUT2D eigenvalue weighted by atomic mass is 16.5. The standard InChI is InChI=1S/C16H29N3O/c1-5-17-14-9-7-6-8-13(10-14)16-15(20-4)11-18-19(16)12(2)3/h11-14,17H,5-10H2,1-4H3. The minimum absolute atomic E-state index is 0.384. The van der Waals surface area contributed by atoms with Gasteiger partial charge >= 0.3 is 0 Å². The maximum Gasteiger partial charge on any atom is 0.160 e. The van der Waals surface area contributed by atoms with Crippen LogP contribution < -0.4 is 10.1 Å². The molecule has 4 nitrogen and oxygen atoms in total. The van der Waals surface area contributed by atoms with Crippen molar-refractivity contribution in [3.05, 3.63) is 11.9 Å². The van der Waals surface area contributed by atoms with Gasteiger partial charge in [-0.2, -0.15) is 5.10 Å². The quantitative estimate of drug-likeness (QED) is 0.838. The van der Waals surface area contributed by atoms with Crippen LogP contribution in [0.3, 0.4) is 0 Å². The lowest BCUT2D eigenvalue weighted by atomic mass is 9.93. The Morgan fingerprint density at radius 3 is 2.80 bits per heavy atom. The molecule has 0 radical (unpaired) electrons. The Morgan fingerprint density at radius 1 is 1.40 bits per heavy atom. The van der Waals surface area contributed by atoms with Crippen molar-refractivity contribution in [1.82, 2.24) is 15.1 Å². The van der Waals surface area contributed by atoms with Crippen molar-refractivity contribution in [2.45, 2.75) is 70.9 Å². The molecule has 1 aromatic heterocycles. The van der Waals surface area contributed by atoms with E-state index in [9.17, 15) is 0 Å². The van der Waals surface area contributed by atoms with E-state index in [2.05, 4.69) is 35.9 Å². The van der Waals surface area contributed by atoms with Crippen LogP contribution in [0.1, 0.15) is 70.5 Å². The van der Waals surface area contributed by atoms with Crippen LogP contribution in [0, 0.1) is 0 Å². The summed E-state index contributed by atoms with van der Waals surface area (Å²) in [6.07, 6.45) is 8.25. The maximum absolute atomic E-state index is 5.56. The fourth-order valence-electron chi connectivity index (χ4n) is 3.40. The Morgan fingerprint density at radius 2 is 2.15 bits per heavy atom. The molecule has 1 N–H and O–H groups in total. The third-order valence-corrected chi connectivity index (χ3v) is 4.31. The van der Waals surface area contributed by atoms with Gasteiger partial charge in [0.15, 0.2) is 5.75 Å². The molecule has 1 aliphatic rings. The van der Waals surface area contributed by atoms with E-state index in [-0.39, 0.29) is 0 Å². The van der Waals surface area contributed by atoms with Gasteiger partial charge in [-0.3, -0.25) is 4.68 Å². The summed E-state index contributed by atoms with van der Waals surface area (Å²) in [6.45, 7) is 7.62. The summed E-state index contributed by atoms with van der Waals surface area (Å²) < 4.78 is 7.71. The number of nitrogens with zero attached hydrogens (tertiary/aromatic N) is 2. The van der Waals surface area contributed by atoms with Gasteiger partial charge in [-0.15, -0.1) is 0 Å². The van der Waals surface area contributed by atoms with E-state index in [4.69, 9.17) is 4.74 Å². The van der Waals surface area contributed by atoms with Crippen LogP contribution in [0.5, 0.6) is 5.75 Å². The normalized spacial score (nSPS) is 23.9. The second-order valence-corrected chi connectivity index (χ2v) is 6.11. The van der Waals surface area contributed by atoms with E-state index in [1.165, 1.54) is 37.8 Å². The fourth-order valence-corrected chi connectivity index (χ4v) is 3.40. The van der Waals surface area contributed by atoms with E-state index >= 15 is 0 Å². The van der Waals surface area contributed by atoms with Gasteiger partial charge in [-0.1, -0.05) is 19.8 Å². The second-order valence-electron chi connectivity index (χ2n) is 6.11. The molecule has 0 amide bonds. The van der Waals surface area contributed by atoms with Crippen LogP contribution in [0.15, 0.2) is 6.20 Å². The van der Waals surface area contributed by atoms with E-state index in [0.717, 1.165) is 12.3 Å². The van der Waals surface area contributed by atoms with E-state index in [1.54, 1.807) is 7.11 Å². The minimum Gasteiger partial charge on any atom is -0.493 e. The number of rotatable bonds is 5. The van der Waals surface area contributed by atoms with E-state index in [1.807, 2.05) is 6.20 Å². The Hall–Kier alpha value is -1.03. The molecule has 1 saturated carbocycles. The molecule has 0 aromatic carbocycles. The molecule has 0 spiro atoms. The van der Waals surface area contributed by atoms with Gasteiger partial charge in [-0.25, -0.2) is 0 Å². The Bertz CT molecular complexity index is 414. The molecule has 20 heavy (non-hydrogen) atoms. The first-order chi connectivity index (χ1) is 9.67. The zero-order valence-corrected chi connectivity index (χ0v) is 13.4. The monoisotopic (exact) mass is 279 g/mol. The third kappa shape index (κ3) is 3.35. The lowest BCUT2D eigenvalue weighted by Crippen LogP contribution is -2.30. The molecule has 0 aliphatic heterocycles. The average molecular weight is 279 g/mol. The predicted molar refractivity (Wildman–Crippen MR) is 82.5 cm³/mol. The maximum atomic E-state index is 5.56. The first-order valence-corrected chi connectivity index (χ1v) is 8.02. The van der Waals surface area contributed by atoms with E-state index in [0.29, 0.717) is 18.0 Å². The molecule has 1 aliphatic carbocycles. The van der Waals surface area contributed by atoms with E-state index < -0.39 is 0 Å². The third-order valence-electron chi connectivity index (χ3n) is 4.31. The van der Waals surface area contributed by atoms with Gasteiger partial charge in [0, 0.05) is 18.0 Å². The summed E-state index contributed by atoms with van der Waals surface area (Å²) in [7, 11) is 1.75. The molecule has 2 atom stereocenters. The summed E-state index contributed by atoms with van der Waals surface area (Å²) in [6, 6.07) is 1.02. The molecule has 0 saturated heterocycles. The molecule has 1 aromatic rings. The van der Waals surface area contributed by atoms with Crippen molar-refractivity contribution in [2.75, 3.05) is 13.7 Å². The minimum atomic E-state index is 0.384.